The van der Waals surface area contributed by atoms with E-state index >= 15 is 0 Å². The standard InChI is InChI=1S/C17H17Cl2N3O5S/c1-2-3-8-20-17(23)13-9-16(15(22(24)25)10-14(13)19)28(26,27)21-12-6-4-11(18)5-7-12/h4-7,9-10,21H,2-3,8H2,1H3,(H,20,23). The number of nitrogens with one attached hydrogen (secondary N) is 2. The van der Waals surface area contributed by atoms with Crippen LogP contribution in [0, 0.1) is 10.1 Å². The Morgan fingerprint density at radius 2 is 1.82 bits per heavy atom. The number of anilines is 1. The summed E-state index contributed by atoms with van der Waals surface area (Å²) in [7, 11) is -4.37. The highest BCUT2D eigenvalue weighted by Gasteiger charge is 2.29. The summed E-state index contributed by atoms with van der Waals surface area (Å²) in [6, 6.07) is 7.48. The zero-order valence-electron chi connectivity index (χ0n) is 14.7. The van der Waals surface area contributed by atoms with Crippen LogP contribution in [0.2, 0.25) is 10.0 Å². The van der Waals surface area contributed by atoms with E-state index in [1.54, 1.807) is 0 Å². The van der Waals surface area contributed by atoms with Crippen molar-refractivity contribution in [3.05, 3.63) is 62.1 Å². The fourth-order valence-corrected chi connectivity index (χ4v) is 3.88. The molecule has 0 saturated carbocycles. The topological polar surface area (TPSA) is 118 Å². The van der Waals surface area contributed by atoms with E-state index < -0.39 is 31.4 Å². The van der Waals surface area contributed by atoms with Gasteiger partial charge in [-0.2, -0.15) is 0 Å². The molecular formula is C17H17Cl2N3O5S. The molecule has 2 N–H and O–H groups in total. The zero-order chi connectivity index (χ0) is 20.9. The Hall–Kier alpha value is -2.36. The molecule has 0 aromatic heterocycles. The Morgan fingerprint density at radius 1 is 1.18 bits per heavy atom. The summed E-state index contributed by atoms with van der Waals surface area (Å²) in [5.74, 6) is -0.615. The molecule has 0 heterocycles. The van der Waals surface area contributed by atoms with Crippen LogP contribution in [0.25, 0.3) is 0 Å². The minimum atomic E-state index is -4.37. The van der Waals surface area contributed by atoms with Crippen molar-refractivity contribution in [1.82, 2.24) is 5.32 Å². The highest BCUT2D eigenvalue weighted by atomic mass is 35.5. The molecule has 150 valence electrons. The molecule has 0 radical (unpaired) electrons. The lowest BCUT2D eigenvalue weighted by atomic mass is 10.2. The van der Waals surface area contributed by atoms with E-state index in [0.717, 1.165) is 25.0 Å². The zero-order valence-corrected chi connectivity index (χ0v) is 17.1. The number of hydrogen-bond acceptors (Lipinski definition) is 5. The summed E-state index contributed by atoms with van der Waals surface area (Å²) in [4.78, 5) is 22.1. The Morgan fingerprint density at radius 3 is 2.39 bits per heavy atom. The fourth-order valence-electron chi connectivity index (χ4n) is 2.28. The Bertz CT molecular complexity index is 995. The SMILES string of the molecule is CCCCNC(=O)c1cc(S(=O)(=O)Nc2ccc(Cl)cc2)c([N+](=O)[O-])cc1Cl. The summed E-state index contributed by atoms with van der Waals surface area (Å²) in [5, 5.41) is 14.1. The van der Waals surface area contributed by atoms with Crippen molar-refractivity contribution in [2.45, 2.75) is 24.7 Å². The molecule has 28 heavy (non-hydrogen) atoms. The average Bonchev–Trinajstić information content (AvgIpc) is 2.63. The molecule has 8 nitrogen and oxygen atoms in total. The van der Waals surface area contributed by atoms with E-state index in [2.05, 4.69) is 10.0 Å². The van der Waals surface area contributed by atoms with E-state index in [-0.39, 0.29) is 16.3 Å². The molecule has 0 spiro atoms. The lowest BCUT2D eigenvalue weighted by Crippen LogP contribution is -2.25. The van der Waals surface area contributed by atoms with Gasteiger partial charge in [0.15, 0.2) is 4.90 Å². The third kappa shape index (κ3) is 5.34. The molecule has 0 aliphatic heterocycles. The number of halogens is 2. The Labute approximate surface area is 172 Å². The van der Waals surface area contributed by atoms with Gasteiger partial charge in [0.1, 0.15) is 0 Å². The first-order valence-electron chi connectivity index (χ1n) is 8.20. The highest BCUT2D eigenvalue weighted by Crippen LogP contribution is 2.32. The Balaban J connectivity index is 2.47. The molecule has 0 bridgehead atoms. The predicted molar refractivity (Wildman–Crippen MR) is 108 cm³/mol. The van der Waals surface area contributed by atoms with Crippen LogP contribution in [0.5, 0.6) is 0 Å². The van der Waals surface area contributed by atoms with Crippen LogP contribution >= 0.6 is 23.2 Å². The van der Waals surface area contributed by atoms with Gasteiger partial charge in [0.2, 0.25) is 0 Å². The average molecular weight is 446 g/mol. The molecule has 0 unspecified atom stereocenters. The number of rotatable bonds is 8. The molecule has 2 aromatic rings. The summed E-state index contributed by atoms with van der Waals surface area (Å²) in [5.41, 5.74) is -0.751. The third-order valence-electron chi connectivity index (χ3n) is 3.69. The largest absolute Gasteiger partial charge is 0.352 e. The van der Waals surface area contributed by atoms with E-state index in [1.807, 2.05) is 6.92 Å². The monoisotopic (exact) mass is 445 g/mol. The molecule has 0 saturated heterocycles. The third-order valence-corrected chi connectivity index (χ3v) is 5.67. The van der Waals surface area contributed by atoms with Crippen molar-refractivity contribution in [1.29, 1.82) is 0 Å². The van der Waals surface area contributed by atoms with Crippen LogP contribution in [-0.2, 0) is 10.0 Å². The van der Waals surface area contributed by atoms with Crippen molar-refractivity contribution in [3.63, 3.8) is 0 Å². The maximum Gasteiger partial charge on any atom is 0.291 e. The van der Waals surface area contributed by atoms with Crippen molar-refractivity contribution >= 4 is 50.5 Å². The van der Waals surface area contributed by atoms with Gasteiger partial charge in [-0.05, 0) is 36.8 Å². The van der Waals surface area contributed by atoms with Crippen LogP contribution in [0.4, 0.5) is 11.4 Å². The second kappa shape index (κ2) is 9.22. The molecule has 2 aromatic carbocycles. The van der Waals surface area contributed by atoms with Crippen molar-refractivity contribution in [2.75, 3.05) is 11.3 Å². The van der Waals surface area contributed by atoms with E-state index in [0.29, 0.717) is 11.6 Å². The molecule has 0 aliphatic carbocycles. The summed E-state index contributed by atoms with van der Waals surface area (Å²) in [6.45, 7) is 2.31. The normalized spacial score (nSPS) is 11.1. The molecule has 0 fully saturated rings. The second-order valence-corrected chi connectivity index (χ2v) is 8.27. The van der Waals surface area contributed by atoms with Gasteiger partial charge in [-0.1, -0.05) is 36.5 Å². The first-order chi connectivity index (χ1) is 13.2. The van der Waals surface area contributed by atoms with Gasteiger partial charge in [-0.3, -0.25) is 19.6 Å². The molecule has 2 rings (SSSR count). The van der Waals surface area contributed by atoms with Crippen LogP contribution in [-0.4, -0.2) is 25.8 Å². The van der Waals surface area contributed by atoms with Crippen LogP contribution in [0.15, 0.2) is 41.3 Å². The quantitative estimate of drug-likeness (QED) is 0.357. The van der Waals surface area contributed by atoms with E-state index in [9.17, 15) is 23.3 Å². The predicted octanol–water partition coefficient (Wildman–Crippen LogP) is 4.23. The summed E-state index contributed by atoms with van der Waals surface area (Å²) in [6.07, 6.45) is 1.57. The number of sulfonamides is 1. The second-order valence-electron chi connectivity index (χ2n) is 5.78. The van der Waals surface area contributed by atoms with Crippen molar-refractivity contribution in [2.24, 2.45) is 0 Å². The molecule has 0 atom stereocenters. The van der Waals surface area contributed by atoms with Gasteiger partial charge in [-0.15, -0.1) is 0 Å². The van der Waals surface area contributed by atoms with Crippen LogP contribution in [0.3, 0.4) is 0 Å². The number of benzene rings is 2. The number of hydrogen-bond donors (Lipinski definition) is 2. The van der Waals surface area contributed by atoms with Gasteiger partial charge in [0, 0.05) is 23.3 Å². The van der Waals surface area contributed by atoms with Gasteiger partial charge in [0.05, 0.1) is 15.5 Å². The number of nitro benzene ring substituents is 1. The number of unbranched alkanes of at least 4 members (excludes halogenated alkanes) is 1. The number of nitrogens with zero attached hydrogens (tertiary/aromatic N) is 1. The van der Waals surface area contributed by atoms with Gasteiger partial charge >= 0.3 is 0 Å². The van der Waals surface area contributed by atoms with Gasteiger partial charge < -0.3 is 5.32 Å². The number of nitro groups is 1. The van der Waals surface area contributed by atoms with E-state index in [4.69, 9.17) is 23.2 Å². The first kappa shape index (κ1) is 21.9. The molecule has 0 aliphatic rings. The van der Waals surface area contributed by atoms with Crippen molar-refractivity contribution < 1.29 is 18.1 Å². The van der Waals surface area contributed by atoms with E-state index in [1.165, 1.54) is 24.3 Å². The smallest absolute Gasteiger partial charge is 0.291 e. The summed E-state index contributed by atoms with van der Waals surface area (Å²) < 4.78 is 27.7. The van der Waals surface area contributed by atoms with Gasteiger partial charge in [0.25, 0.3) is 21.6 Å². The molecular weight excluding hydrogens is 429 g/mol. The van der Waals surface area contributed by atoms with Gasteiger partial charge in [-0.25, -0.2) is 8.42 Å². The lowest BCUT2D eigenvalue weighted by molar-refractivity contribution is -0.387. The lowest BCUT2D eigenvalue weighted by Gasteiger charge is -2.12. The number of carbonyl (C=O) groups is 1. The maximum atomic E-state index is 12.7. The van der Waals surface area contributed by atoms with Crippen molar-refractivity contribution in [3.8, 4) is 0 Å². The summed E-state index contributed by atoms with van der Waals surface area (Å²) >= 11 is 11.8. The highest BCUT2D eigenvalue weighted by molar-refractivity contribution is 7.92. The maximum absolute atomic E-state index is 12.7. The molecule has 1 amide bonds. The fraction of sp³-hybridized carbons (Fsp3) is 0.235. The molecule has 11 heteroatoms. The first-order valence-corrected chi connectivity index (χ1v) is 10.4. The number of carbonyl (C=O) groups excluding carboxylic acids is 1. The minimum absolute atomic E-state index is 0.155. The number of amides is 1. The minimum Gasteiger partial charge on any atom is -0.352 e. The van der Waals surface area contributed by atoms with Crippen LogP contribution < -0.4 is 10.0 Å². The van der Waals surface area contributed by atoms with Crippen LogP contribution in [0.1, 0.15) is 30.1 Å². The Kier molecular flexibility index (Phi) is 7.22.